The first kappa shape index (κ1) is 11.5. The van der Waals surface area contributed by atoms with Crippen molar-refractivity contribution in [1.82, 2.24) is 5.32 Å². The first-order valence-electron chi connectivity index (χ1n) is 7.64. The Morgan fingerprint density at radius 2 is 1.84 bits per heavy atom. The molecule has 0 amide bonds. The number of aliphatic imine (C=N–C) groups is 1. The molecule has 1 aromatic carbocycles. The van der Waals surface area contributed by atoms with Crippen molar-refractivity contribution in [2.45, 2.75) is 44.2 Å². The van der Waals surface area contributed by atoms with Crippen LogP contribution in [0.25, 0.3) is 0 Å². The van der Waals surface area contributed by atoms with Crippen LogP contribution in [0.3, 0.4) is 0 Å². The van der Waals surface area contributed by atoms with Crippen LogP contribution < -0.4 is 5.32 Å². The zero-order valence-electron chi connectivity index (χ0n) is 11.4. The van der Waals surface area contributed by atoms with Gasteiger partial charge < -0.3 is 5.32 Å². The first-order chi connectivity index (χ1) is 9.33. The molecule has 0 spiro atoms. The Balaban J connectivity index is 1.36. The normalized spacial score (nSPS) is 39.3. The Labute approximate surface area is 115 Å². The molecular formula is C17H22N2. The molecule has 1 N–H and O–H groups in total. The molecule has 4 aliphatic rings. The van der Waals surface area contributed by atoms with E-state index in [0.717, 1.165) is 24.3 Å². The van der Waals surface area contributed by atoms with Gasteiger partial charge >= 0.3 is 0 Å². The third-order valence-corrected chi connectivity index (χ3v) is 5.47. The van der Waals surface area contributed by atoms with Crippen LogP contribution in [0.2, 0.25) is 0 Å². The fourth-order valence-electron chi connectivity index (χ4n) is 4.87. The van der Waals surface area contributed by atoms with Crippen LogP contribution in [0.4, 0.5) is 0 Å². The Bertz CT molecular complexity index is 460. The van der Waals surface area contributed by atoms with Gasteiger partial charge in [0.05, 0.1) is 11.9 Å². The molecular weight excluding hydrogens is 232 g/mol. The zero-order valence-corrected chi connectivity index (χ0v) is 11.4. The van der Waals surface area contributed by atoms with Crippen molar-refractivity contribution in [3.05, 3.63) is 35.9 Å². The number of hydrogen-bond donors (Lipinski definition) is 1. The number of nitrogens with zero attached hydrogens (tertiary/aromatic N) is 1. The molecule has 0 aromatic heterocycles. The van der Waals surface area contributed by atoms with E-state index in [1.54, 1.807) is 0 Å². The van der Waals surface area contributed by atoms with Crippen LogP contribution in [0.5, 0.6) is 0 Å². The van der Waals surface area contributed by atoms with E-state index in [1.165, 1.54) is 37.7 Å². The Kier molecular flexibility index (Phi) is 2.64. The summed E-state index contributed by atoms with van der Waals surface area (Å²) in [7, 11) is 0. The lowest BCUT2D eigenvalue weighted by Crippen LogP contribution is -2.33. The molecule has 0 aliphatic heterocycles. The molecule has 3 unspecified atom stereocenters. The largest absolute Gasteiger partial charge is 0.372 e. The van der Waals surface area contributed by atoms with Gasteiger partial charge in [-0.05, 0) is 55.4 Å². The molecule has 0 saturated heterocycles. The molecule has 2 nitrogen and oxygen atoms in total. The molecule has 100 valence electrons. The minimum Gasteiger partial charge on any atom is -0.372 e. The molecule has 4 aliphatic carbocycles. The van der Waals surface area contributed by atoms with Gasteiger partial charge in [-0.1, -0.05) is 30.3 Å². The maximum absolute atomic E-state index is 4.93. The van der Waals surface area contributed by atoms with Gasteiger partial charge in [-0.25, -0.2) is 0 Å². The van der Waals surface area contributed by atoms with Crippen molar-refractivity contribution in [2.24, 2.45) is 22.7 Å². The van der Waals surface area contributed by atoms with Crippen LogP contribution in [-0.4, -0.2) is 11.9 Å². The minimum absolute atomic E-state index is 0.320. The van der Waals surface area contributed by atoms with Gasteiger partial charge in [0.25, 0.3) is 0 Å². The van der Waals surface area contributed by atoms with E-state index in [9.17, 15) is 0 Å². The second kappa shape index (κ2) is 4.36. The number of rotatable bonds is 4. The summed E-state index contributed by atoms with van der Waals surface area (Å²) in [6.45, 7) is 0.886. The minimum atomic E-state index is 0.320. The van der Waals surface area contributed by atoms with Crippen molar-refractivity contribution in [1.29, 1.82) is 0 Å². The van der Waals surface area contributed by atoms with Crippen molar-refractivity contribution in [3.8, 4) is 0 Å². The van der Waals surface area contributed by atoms with Gasteiger partial charge in [0, 0.05) is 6.54 Å². The summed E-state index contributed by atoms with van der Waals surface area (Å²) in [4.78, 5) is 4.93. The smallest absolute Gasteiger partial charge is 0.0833 e. The number of hydrogen-bond acceptors (Lipinski definition) is 1. The lowest BCUT2D eigenvalue weighted by molar-refractivity contribution is 0.236. The molecule has 0 heterocycles. The second-order valence-electron chi connectivity index (χ2n) is 6.82. The van der Waals surface area contributed by atoms with E-state index in [-0.39, 0.29) is 0 Å². The van der Waals surface area contributed by atoms with E-state index in [0.29, 0.717) is 5.54 Å². The molecule has 2 heteroatoms. The summed E-state index contributed by atoms with van der Waals surface area (Å²) >= 11 is 0. The molecule has 5 rings (SSSR count). The van der Waals surface area contributed by atoms with Gasteiger partial charge in [0.15, 0.2) is 0 Å². The fraction of sp³-hybridized carbons (Fsp3) is 0.588. The SMILES string of the molecule is C(=N\C12CC3CC(C1)[C@@H](C3)C2)/NCc1ccccc1. The molecule has 4 saturated carbocycles. The van der Waals surface area contributed by atoms with E-state index < -0.39 is 0 Å². The third kappa shape index (κ3) is 2.07. The summed E-state index contributed by atoms with van der Waals surface area (Å²) in [6.07, 6.45) is 9.05. The monoisotopic (exact) mass is 254 g/mol. The van der Waals surface area contributed by atoms with Crippen LogP contribution in [0, 0.1) is 17.8 Å². The Hall–Kier alpha value is -1.31. The summed E-state index contributed by atoms with van der Waals surface area (Å²) in [5.41, 5.74) is 1.64. The standard InChI is InChI=1S/C17H22N2/c1-2-4-13(5-3-1)11-18-12-19-17-8-14-6-15(9-17)16(7-14)10-17/h1-5,12,14-16H,6-11H2,(H,18,19)/t14?,15-,16?,17?/m0/s1. The zero-order chi connectivity index (χ0) is 12.7. The van der Waals surface area contributed by atoms with Crippen LogP contribution in [0.1, 0.15) is 37.7 Å². The van der Waals surface area contributed by atoms with Crippen LogP contribution >= 0.6 is 0 Å². The molecule has 1 aromatic rings. The van der Waals surface area contributed by atoms with E-state index >= 15 is 0 Å². The topological polar surface area (TPSA) is 24.4 Å². The van der Waals surface area contributed by atoms with Crippen molar-refractivity contribution < 1.29 is 0 Å². The molecule has 4 fully saturated rings. The van der Waals surface area contributed by atoms with Crippen molar-refractivity contribution in [3.63, 3.8) is 0 Å². The Morgan fingerprint density at radius 1 is 1.11 bits per heavy atom. The second-order valence-corrected chi connectivity index (χ2v) is 6.82. The maximum Gasteiger partial charge on any atom is 0.0833 e. The molecule has 4 bridgehead atoms. The summed E-state index contributed by atoms with van der Waals surface area (Å²) in [5, 5.41) is 3.36. The average Bonchev–Trinajstić information content (AvgIpc) is 2.84. The van der Waals surface area contributed by atoms with Crippen LogP contribution in [-0.2, 0) is 6.54 Å². The summed E-state index contributed by atoms with van der Waals surface area (Å²) in [6, 6.07) is 10.5. The number of nitrogens with one attached hydrogen (secondary N) is 1. The van der Waals surface area contributed by atoms with E-state index in [2.05, 4.69) is 35.6 Å². The van der Waals surface area contributed by atoms with Crippen LogP contribution in [0.15, 0.2) is 35.3 Å². The van der Waals surface area contributed by atoms with Gasteiger partial charge in [-0.2, -0.15) is 0 Å². The fourth-order valence-corrected chi connectivity index (χ4v) is 4.87. The number of benzene rings is 1. The summed E-state index contributed by atoms with van der Waals surface area (Å²) < 4.78 is 0. The third-order valence-electron chi connectivity index (χ3n) is 5.47. The molecule has 4 atom stereocenters. The maximum atomic E-state index is 4.93. The predicted octanol–water partition coefficient (Wildman–Crippen LogP) is 3.38. The average molecular weight is 254 g/mol. The van der Waals surface area contributed by atoms with Gasteiger partial charge in [0.1, 0.15) is 0 Å². The van der Waals surface area contributed by atoms with Gasteiger partial charge in [-0.15, -0.1) is 0 Å². The van der Waals surface area contributed by atoms with Gasteiger partial charge in [-0.3, -0.25) is 4.99 Å². The quantitative estimate of drug-likeness (QED) is 0.646. The highest BCUT2D eigenvalue weighted by Crippen LogP contribution is 2.61. The molecule has 0 radical (unpaired) electrons. The Morgan fingerprint density at radius 3 is 2.53 bits per heavy atom. The highest BCUT2D eigenvalue weighted by atomic mass is 15.0. The first-order valence-corrected chi connectivity index (χ1v) is 7.64. The highest BCUT2D eigenvalue weighted by Gasteiger charge is 2.55. The molecule has 19 heavy (non-hydrogen) atoms. The highest BCUT2D eigenvalue weighted by molar-refractivity contribution is 5.55. The lowest BCUT2D eigenvalue weighted by atomic mass is 9.76. The van der Waals surface area contributed by atoms with Crippen molar-refractivity contribution >= 4 is 6.34 Å². The summed E-state index contributed by atoms with van der Waals surface area (Å²) in [5.74, 6) is 3.00. The van der Waals surface area contributed by atoms with Crippen molar-refractivity contribution in [2.75, 3.05) is 0 Å². The lowest BCUT2D eigenvalue weighted by Gasteiger charge is -2.34. The predicted molar refractivity (Wildman–Crippen MR) is 78.1 cm³/mol. The van der Waals surface area contributed by atoms with E-state index in [1.807, 2.05) is 6.34 Å². The van der Waals surface area contributed by atoms with Gasteiger partial charge in [0.2, 0.25) is 0 Å². The van der Waals surface area contributed by atoms with E-state index in [4.69, 9.17) is 4.99 Å².